The lowest BCUT2D eigenvalue weighted by molar-refractivity contribution is 0.666. The Labute approximate surface area is 86.3 Å². The van der Waals surface area contributed by atoms with Crippen LogP contribution in [0.2, 0.25) is 0 Å². The van der Waals surface area contributed by atoms with Crippen molar-refractivity contribution in [2.75, 3.05) is 0 Å². The van der Waals surface area contributed by atoms with Crippen LogP contribution in [0.3, 0.4) is 0 Å². The molecule has 0 unspecified atom stereocenters. The number of aryl methyl sites for hydroxylation is 1. The molecule has 0 heterocycles. The van der Waals surface area contributed by atoms with E-state index in [2.05, 4.69) is 31.2 Å². The molecule has 1 saturated carbocycles. The summed E-state index contributed by atoms with van der Waals surface area (Å²) in [6.07, 6.45) is 4.98. The van der Waals surface area contributed by atoms with E-state index in [1.807, 2.05) is 0 Å². The molecule has 0 radical (unpaired) electrons. The van der Waals surface area contributed by atoms with Gasteiger partial charge in [-0.25, -0.2) is 0 Å². The largest absolute Gasteiger partial charge is 0.328 e. The monoisotopic (exact) mass is 189 g/mol. The van der Waals surface area contributed by atoms with Gasteiger partial charge in [0.25, 0.3) is 0 Å². The van der Waals surface area contributed by atoms with Gasteiger partial charge in [0, 0.05) is 6.04 Å². The van der Waals surface area contributed by atoms with Crippen molar-refractivity contribution < 1.29 is 0 Å². The maximum Gasteiger partial charge on any atom is 0.00136 e. The maximum absolute atomic E-state index is 5.73. The third-order valence-electron chi connectivity index (χ3n) is 2.92. The zero-order chi connectivity index (χ0) is 9.97. The molecular weight excluding hydrogens is 170 g/mol. The number of rotatable bonds is 4. The van der Waals surface area contributed by atoms with Crippen LogP contribution in [-0.4, -0.2) is 6.04 Å². The zero-order valence-electron chi connectivity index (χ0n) is 8.87. The summed E-state index contributed by atoms with van der Waals surface area (Å²) in [6.45, 7) is 2.07. The van der Waals surface area contributed by atoms with E-state index in [4.69, 9.17) is 5.73 Å². The Morgan fingerprint density at radius 3 is 2.43 bits per heavy atom. The molecule has 0 saturated heterocycles. The lowest BCUT2D eigenvalue weighted by atomic mass is 10.0. The minimum absolute atomic E-state index is 0.318. The van der Waals surface area contributed by atoms with Crippen LogP contribution in [0.4, 0.5) is 0 Å². The second-order valence-corrected chi connectivity index (χ2v) is 4.53. The quantitative estimate of drug-likeness (QED) is 0.774. The summed E-state index contributed by atoms with van der Waals surface area (Å²) in [6, 6.07) is 9.41. The van der Waals surface area contributed by atoms with Crippen LogP contribution in [-0.2, 0) is 6.42 Å². The molecule has 14 heavy (non-hydrogen) atoms. The van der Waals surface area contributed by atoms with E-state index in [1.54, 1.807) is 0 Å². The van der Waals surface area contributed by atoms with Gasteiger partial charge in [0.2, 0.25) is 0 Å². The molecule has 1 aliphatic rings. The van der Waals surface area contributed by atoms with Crippen LogP contribution in [0.15, 0.2) is 24.3 Å². The first-order chi connectivity index (χ1) is 6.75. The van der Waals surface area contributed by atoms with Crippen molar-refractivity contribution >= 4 is 0 Å². The molecule has 1 aromatic carbocycles. The highest BCUT2D eigenvalue weighted by Crippen LogP contribution is 2.39. The van der Waals surface area contributed by atoms with Crippen molar-refractivity contribution in [1.29, 1.82) is 0 Å². The first-order valence-electron chi connectivity index (χ1n) is 5.60. The number of hydrogen-bond acceptors (Lipinski definition) is 1. The van der Waals surface area contributed by atoms with Crippen LogP contribution in [0.1, 0.15) is 43.2 Å². The maximum atomic E-state index is 5.73. The van der Waals surface area contributed by atoms with Gasteiger partial charge in [0.1, 0.15) is 0 Å². The van der Waals surface area contributed by atoms with Crippen LogP contribution in [0.5, 0.6) is 0 Å². The second-order valence-electron chi connectivity index (χ2n) is 4.53. The standard InChI is InChI=1S/C13H19N/c1-10(14)2-3-11-4-6-12(7-5-11)13-8-9-13/h4-7,10,13H,2-3,8-9,14H2,1H3/t10-/m1/s1. The summed E-state index contributed by atoms with van der Waals surface area (Å²) < 4.78 is 0. The fourth-order valence-corrected chi connectivity index (χ4v) is 1.77. The van der Waals surface area contributed by atoms with Crippen molar-refractivity contribution in [2.45, 2.75) is 44.6 Å². The molecule has 1 nitrogen and oxygen atoms in total. The highest BCUT2D eigenvalue weighted by molar-refractivity contribution is 5.28. The molecule has 0 bridgehead atoms. The summed E-state index contributed by atoms with van der Waals surface area (Å²) in [4.78, 5) is 0. The summed E-state index contributed by atoms with van der Waals surface area (Å²) >= 11 is 0. The van der Waals surface area contributed by atoms with Gasteiger partial charge in [-0.15, -0.1) is 0 Å². The second kappa shape index (κ2) is 4.14. The third kappa shape index (κ3) is 2.58. The van der Waals surface area contributed by atoms with E-state index in [-0.39, 0.29) is 0 Å². The molecule has 0 amide bonds. The Kier molecular flexibility index (Phi) is 2.87. The molecule has 0 aliphatic heterocycles. The number of benzene rings is 1. The number of hydrogen-bond donors (Lipinski definition) is 1. The average molecular weight is 189 g/mol. The summed E-state index contributed by atoms with van der Waals surface area (Å²) in [7, 11) is 0. The predicted molar refractivity (Wildman–Crippen MR) is 60.4 cm³/mol. The zero-order valence-corrected chi connectivity index (χ0v) is 8.87. The van der Waals surface area contributed by atoms with Gasteiger partial charge in [-0.1, -0.05) is 24.3 Å². The molecule has 1 fully saturated rings. The molecule has 1 heteroatoms. The summed E-state index contributed by atoms with van der Waals surface area (Å²) in [5.41, 5.74) is 8.67. The fourth-order valence-electron chi connectivity index (χ4n) is 1.77. The molecule has 2 rings (SSSR count). The lowest BCUT2D eigenvalue weighted by Crippen LogP contribution is -2.15. The Morgan fingerprint density at radius 1 is 1.29 bits per heavy atom. The van der Waals surface area contributed by atoms with Gasteiger partial charge in [-0.3, -0.25) is 0 Å². The average Bonchev–Trinajstić information content (AvgIpc) is 2.99. The van der Waals surface area contributed by atoms with Gasteiger partial charge in [0.05, 0.1) is 0 Å². The van der Waals surface area contributed by atoms with Crippen LogP contribution in [0.25, 0.3) is 0 Å². The Morgan fingerprint density at radius 2 is 1.93 bits per heavy atom. The Bertz CT molecular complexity index is 283. The Hall–Kier alpha value is -0.820. The number of nitrogens with two attached hydrogens (primary N) is 1. The smallest absolute Gasteiger partial charge is 0.00136 e. The summed E-state index contributed by atoms with van der Waals surface area (Å²) in [5.74, 6) is 0.873. The first kappa shape index (κ1) is 9.72. The molecule has 0 aromatic heterocycles. The van der Waals surface area contributed by atoms with Crippen LogP contribution < -0.4 is 5.73 Å². The van der Waals surface area contributed by atoms with Crippen molar-refractivity contribution in [3.8, 4) is 0 Å². The lowest BCUT2D eigenvalue weighted by Gasteiger charge is -2.05. The van der Waals surface area contributed by atoms with Crippen molar-refractivity contribution in [3.05, 3.63) is 35.4 Å². The fraction of sp³-hybridized carbons (Fsp3) is 0.538. The van der Waals surface area contributed by atoms with Gasteiger partial charge in [-0.05, 0) is 49.7 Å². The van der Waals surface area contributed by atoms with Gasteiger partial charge in [0.15, 0.2) is 0 Å². The topological polar surface area (TPSA) is 26.0 Å². The molecule has 2 N–H and O–H groups in total. The third-order valence-corrected chi connectivity index (χ3v) is 2.92. The van der Waals surface area contributed by atoms with Crippen LogP contribution in [0, 0.1) is 0 Å². The molecular formula is C13H19N. The van der Waals surface area contributed by atoms with E-state index in [1.165, 1.54) is 24.0 Å². The van der Waals surface area contributed by atoms with Gasteiger partial charge in [-0.2, -0.15) is 0 Å². The molecule has 76 valence electrons. The van der Waals surface area contributed by atoms with Crippen molar-refractivity contribution in [3.63, 3.8) is 0 Å². The normalized spacial score (nSPS) is 18.1. The van der Waals surface area contributed by atoms with E-state index in [0.29, 0.717) is 6.04 Å². The van der Waals surface area contributed by atoms with Gasteiger partial charge >= 0.3 is 0 Å². The minimum atomic E-state index is 0.318. The van der Waals surface area contributed by atoms with Crippen LogP contribution >= 0.6 is 0 Å². The van der Waals surface area contributed by atoms with Crippen molar-refractivity contribution in [1.82, 2.24) is 0 Å². The first-order valence-corrected chi connectivity index (χ1v) is 5.60. The molecule has 1 aromatic rings. The van der Waals surface area contributed by atoms with Gasteiger partial charge < -0.3 is 5.73 Å². The molecule has 1 aliphatic carbocycles. The highest BCUT2D eigenvalue weighted by atomic mass is 14.6. The Balaban J connectivity index is 1.92. The predicted octanol–water partition coefficient (Wildman–Crippen LogP) is 2.84. The molecule has 0 spiro atoms. The van der Waals surface area contributed by atoms with E-state index in [0.717, 1.165) is 18.8 Å². The molecule has 1 atom stereocenters. The van der Waals surface area contributed by atoms with Crippen molar-refractivity contribution in [2.24, 2.45) is 5.73 Å². The highest BCUT2D eigenvalue weighted by Gasteiger charge is 2.22. The van der Waals surface area contributed by atoms with E-state index in [9.17, 15) is 0 Å². The minimum Gasteiger partial charge on any atom is -0.328 e. The summed E-state index contributed by atoms with van der Waals surface area (Å²) in [5, 5.41) is 0. The van der Waals surface area contributed by atoms with E-state index < -0.39 is 0 Å². The SMILES string of the molecule is C[C@@H](N)CCc1ccc(C2CC2)cc1. The van der Waals surface area contributed by atoms with E-state index >= 15 is 0 Å².